The van der Waals surface area contributed by atoms with Gasteiger partial charge in [-0.05, 0) is 36.8 Å². The molecule has 0 saturated carbocycles. The lowest BCUT2D eigenvalue weighted by molar-refractivity contribution is 0.328. The maximum Gasteiger partial charge on any atom is 0.265 e. The number of ether oxygens (including phenoxy) is 1. The predicted molar refractivity (Wildman–Crippen MR) is 136 cm³/mol. The van der Waals surface area contributed by atoms with Crippen LogP contribution in [0.4, 0.5) is 0 Å². The Kier molecular flexibility index (Phi) is 4.92. The molecule has 0 radical (unpaired) electrons. The number of aromatic nitrogens is 6. The number of aromatic amines is 1. The predicted octanol–water partition coefficient (Wildman–Crippen LogP) is 4.73. The molecule has 0 aliphatic rings. The summed E-state index contributed by atoms with van der Waals surface area (Å²) in [5.41, 5.74) is 5.18. The molecule has 0 spiro atoms. The molecule has 0 atom stereocenters. The second-order valence-electron chi connectivity index (χ2n) is 8.28. The molecule has 1 N–H and O–H groups in total. The van der Waals surface area contributed by atoms with E-state index in [2.05, 4.69) is 15.1 Å². The number of hydrogen-bond acceptors (Lipinski definition) is 5. The van der Waals surface area contributed by atoms with Crippen LogP contribution in [0.5, 0.6) is 5.88 Å². The lowest BCUT2D eigenvalue weighted by atomic mass is 10.0. The van der Waals surface area contributed by atoms with E-state index in [4.69, 9.17) is 9.72 Å². The second-order valence-corrected chi connectivity index (χ2v) is 8.28. The molecule has 2 aromatic carbocycles. The first-order chi connectivity index (χ1) is 17.1. The van der Waals surface area contributed by atoms with E-state index in [0.29, 0.717) is 23.6 Å². The molecule has 0 amide bonds. The summed E-state index contributed by atoms with van der Waals surface area (Å²) in [6.45, 7) is 2.40. The topological polar surface area (TPSA) is 90.6 Å². The maximum atomic E-state index is 14.0. The number of aryl methyl sites for hydroxylation is 1. The SMILES string of the molecule is CCOc1ccc2cn(-c3ccc4nn(C)cc4c3)c(=O)c(-c3ccc(-c4c[nH]cn4)cc3)c2n1. The average Bonchev–Trinajstić information content (AvgIpc) is 3.53. The second kappa shape index (κ2) is 8.25. The molecule has 6 aromatic rings. The Morgan fingerprint density at radius 1 is 0.971 bits per heavy atom. The number of imidazole rings is 1. The number of fused-ring (bicyclic) bond motifs is 2. The summed E-state index contributed by atoms with van der Waals surface area (Å²) in [7, 11) is 1.88. The molecule has 8 heteroatoms. The number of nitrogens with one attached hydrogen (secondary N) is 1. The molecule has 8 nitrogen and oxygen atoms in total. The van der Waals surface area contributed by atoms with Gasteiger partial charge in [-0.25, -0.2) is 9.97 Å². The lowest BCUT2D eigenvalue weighted by Crippen LogP contribution is -2.20. The molecular weight excluding hydrogens is 440 g/mol. The molecule has 0 unspecified atom stereocenters. The summed E-state index contributed by atoms with van der Waals surface area (Å²) in [5.74, 6) is 0.489. The van der Waals surface area contributed by atoms with Gasteiger partial charge in [0.05, 0.1) is 35.2 Å². The van der Waals surface area contributed by atoms with Crippen LogP contribution in [-0.2, 0) is 7.05 Å². The summed E-state index contributed by atoms with van der Waals surface area (Å²) < 4.78 is 9.08. The minimum absolute atomic E-state index is 0.158. The van der Waals surface area contributed by atoms with Gasteiger partial charge in [0.1, 0.15) is 0 Å². The molecule has 0 bridgehead atoms. The summed E-state index contributed by atoms with van der Waals surface area (Å²) in [5, 5.41) is 6.24. The normalized spacial score (nSPS) is 11.4. The third-order valence-electron chi connectivity index (χ3n) is 5.98. The van der Waals surface area contributed by atoms with Gasteiger partial charge in [-0.15, -0.1) is 0 Å². The fraction of sp³-hybridized carbons (Fsp3) is 0.111. The third-order valence-corrected chi connectivity index (χ3v) is 5.98. The molecule has 35 heavy (non-hydrogen) atoms. The van der Waals surface area contributed by atoms with Gasteiger partial charge in [-0.2, -0.15) is 5.10 Å². The Morgan fingerprint density at radius 2 is 1.80 bits per heavy atom. The van der Waals surface area contributed by atoms with Gasteiger partial charge in [0.2, 0.25) is 5.88 Å². The van der Waals surface area contributed by atoms with Gasteiger partial charge in [-0.3, -0.25) is 14.0 Å². The van der Waals surface area contributed by atoms with E-state index in [1.54, 1.807) is 15.6 Å². The first-order valence-electron chi connectivity index (χ1n) is 11.3. The summed E-state index contributed by atoms with van der Waals surface area (Å²) in [6, 6.07) is 17.4. The lowest BCUT2D eigenvalue weighted by Gasteiger charge is -2.13. The van der Waals surface area contributed by atoms with E-state index in [-0.39, 0.29) is 5.56 Å². The fourth-order valence-electron chi connectivity index (χ4n) is 4.37. The summed E-state index contributed by atoms with van der Waals surface area (Å²) in [6.07, 6.45) is 7.25. The van der Waals surface area contributed by atoms with Gasteiger partial charge in [-0.1, -0.05) is 24.3 Å². The smallest absolute Gasteiger partial charge is 0.265 e. The van der Waals surface area contributed by atoms with E-state index >= 15 is 0 Å². The Balaban J connectivity index is 1.58. The zero-order valence-corrected chi connectivity index (χ0v) is 19.3. The molecule has 6 rings (SSSR count). The average molecular weight is 463 g/mol. The van der Waals surface area contributed by atoms with E-state index < -0.39 is 0 Å². The van der Waals surface area contributed by atoms with Gasteiger partial charge >= 0.3 is 0 Å². The quantitative estimate of drug-likeness (QED) is 0.400. The summed E-state index contributed by atoms with van der Waals surface area (Å²) >= 11 is 0. The van der Waals surface area contributed by atoms with E-state index in [1.165, 1.54) is 0 Å². The number of nitrogens with zero attached hydrogens (tertiary/aromatic N) is 5. The Bertz CT molecular complexity index is 1730. The van der Waals surface area contributed by atoms with Crippen LogP contribution >= 0.6 is 0 Å². The van der Waals surface area contributed by atoms with Crippen LogP contribution < -0.4 is 10.3 Å². The van der Waals surface area contributed by atoms with Crippen molar-refractivity contribution in [1.82, 2.24) is 29.3 Å². The highest BCUT2D eigenvalue weighted by atomic mass is 16.5. The monoisotopic (exact) mass is 462 g/mol. The summed E-state index contributed by atoms with van der Waals surface area (Å²) in [4.78, 5) is 25.9. The molecule has 0 aliphatic carbocycles. The maximum absolute atomic E-state index is 14.0. The molecule has 0 fully saturated rings. The number of hydrogen-bond donors (Lipinski definition) is 1. The highest BCUT2D eigenvalue weighted by molar-refractivity contribution is 5.94. The van der Waals surface area contributed by atoms with Gasteiger partial charge < -0.3 is 9.72 Å². The zero-order valence-electron chi connectivity index (χ0n) is 19.3. The Morgan fingerprint density at radius 3 is 2.57 bits per heavy atom. The number of H-pyrrole nitrogens is 1. The number of rotatable bonds is 5. The highest BCUT2D eigenvalue weighted by Crippen LogP contribution is 2.29. The van der Waals surface area contributed by atoms with Crippen molar-refractivity contribution in [3.8, 4) is 34.0 Å². The first-order valence-corrected chi connectivity index (χ1v) is 11.3. The van der Waals surface area contributed by atoms with Crippen molar-refractivity contribution in [2.24, 2.45) is 7.05 Å². The molecule has 172 valence electrons. The fourth-order valence-corrected chi connectivity index (χ4v) is 4.37. The molecule has 4 aromatic heterocycles. The molecule has 0 saturated heterocycles. The zero-order chi connectivity index (χ0) is 23.9. The van der Waals surface area contributed by atoms with E-state index in [9.17, 15) is 4.79 Å². The van der Waals surface area contributed by atoms with Crippen LogP contribution in [0.3, 0.4) is 0 Å². The molecule has 4 heterocycles. The minimum Gasteiger partial charge on any atom is -0.478 e. The van der Waals surface area contributed by atoms with Crippen molar-refractivity contribution in [3.63, 3.8) is 0 Å². The highest BCUT2D eigenvalue weighted by Gasteiger charge is 2.16. The van der Waals surface area contributed by atoms with Crippen LogP contribution in [0.2, 0.25) is 0 Å². The van der Waals surface area contributed by atoms with Crippen LogP contribution in [0.1, 0.15) is 6.92 Å². The minimum atomic E-state index is -0.158. The van der Waals surface area contributed by atoms with Crippen molar-refractivity contribution >= 4 is 21.8 Å². The Hall–Kier alpha value is -4.72. The van der Waals surface area contributed by atoms with Crippen LogP contribution in [0.25, 0.3) is 49.9 Å². The van der Waals surface area contributed by atoms with Crippen molar-refractivity contribution in [1.29, 1.82) is 0 Å². The van der Waals surface area contributed by atoms with Crippen molar-refractivity contribution in [2.45, 2.75) is 6.92 Å². The van der Waals surface area contributed by atoms with Gasteiger partial charge in [0.25, 0.3) is 5.56 Å². The van der Waals surface area contributed by atoms with Crippen molar-refractivity contribution < 1.29 is 4.74 Å². The van der Waals surface area contributed by atoms with Crippen molar-refractivity contribution in [2.75, 3.05) is 6.61 Å². The number of benzene rings is 2. The van der Waals surface area contributed by atoms with E-state index in [1.807, 2.05) is 87.2 Å². The first kappa shape index (κ1) is 20.9. The van der Waals surface area contributed by atoms with Gasteiger partial charge in [0.15, 0.2) is 0 Å². The number of pyridine rings is 2. The Labute approximate surface area is 200 Å². The molecular formula is C27H22N6O2. The van der Waals surface area contributed by atoms with Crippen LogP contribution in [0.15, 0.2) is 84.3 Å². The largest absolute Gasteiger partial charge is 0.478 e. The third kappa shape index (κ3) is 3.65. The van der Waals surface area contributed by atoms with Crippen molar-refractivity contribution in [3.05, 3.63) is 89.9 Å². The molecule has 0 aliphatic heterocycles. The van der Waals surface area contributed by atoms with Crippen LogP contribution in [-0.4, -0.2) is 35.9 Å². The van der Waals surface area contributed by atoms with E-state index in [0.717, 1.165) is 38.8 Å². The van der Waals surface area contributed by atoms with Crippen LogP contribution in [0, 0.1) is 0 Å². The van der Waals surface area contributed by atoms with Gasteiger partial charge in [0, 0.05) is 53.7 Å². The standard InChI is InChI=1S/C27H22N6O2/c1-3-35-24-11-8-19-15-33(21-9-10-22-20(12-21)14-32(2)31-22)27(34)25(26(19)30-24)18-6-4-17(5-7-18)23-13-28-16-29-23/h4-16H,3H2,1-2H3,(H,28,29).